The Kier molecular flexibility index (Phi) is 9.47. The van der Waals surface area contributed by atoms with E-state index in [9.17, 15) is 9.50 Å². The molecule has 1 N–H and O–H groups in total. The summed E-state index contributed by atoms with van der Waals surface area (Å²) in [5.41, 5.74) is 2.65. The van der Waals surface area contributed by atoms with Crippen LogP contribution in [0.5, 0.6) is 11.6 Å². The fourth-order valence-electron chi connectivity index (χ4n) is 4.52. The zero-order valence-electron chi connectivity index (χ0n) is 21.1. The van der Waals surface area contributed by atoms with Crippen LogP contribution in [0.4, 0.5) is 4.39 Å². The Labute approximate surface area is 212 Å². The molecule has 0 saturated carbocycles. The summed E-state index contributed by atoms with van der Waals surface area (Å²) in [6.45, 7) is 7.18. The van der Waals surface area contributed by atoms with Gasteiger partial charge in [0.25, 0.3) is 0 Å². The molecule has 0 bridgehead atoms. The summed E-state index contributed by atoms with van der Waals surface area (Å²) < 4.78 is 33.4. The molecule has 1 saturated heterocycles. The van der Waals surface area contributed by atoms with Crippen molar-refractivity contribution in [1.29, 1.82) is 0 Å². The summed E-state index contributed by atoms with van der Waals surface area (Å²) in [6.07, 6.45) is 2.22. The van der Waals surface area contributed by atoms with Gasteiger partial charge in [-0.15, -0.1) is 0 Å². The van der Waals surface area contributed by atoms with Gasteiger partial charge in [0, 0.05) is 38.9 Å². The molecule has 0 radical (unpaired) electrons. The van der Waals surface area contributed by atoms with Crippen LogP contribution in [0.3, 0.4) is 0 Å². The Balaban J connectivity index is 1.69. The predicted octanol–water partition coefficient (Wildman–Crippen LogP) is 4.74. The molecule has 0 aliphatic carbocycles. The van der Waals surface area contributed by atoms with Gasteiger partial charge in [0.2, 0.25) is 5.88 Å². The quantitative estimate of drug-likeness (QED) is 0.368. The number of benzene rings is 2. The van der Waals surface area contributed by atoms with Gasteiger partial charge in [-0.1, -0.05) is 31.2 Å². The first-order chi connectivity index (χ1) is 17.6. The third-order valence-corrected chi connectivity index (χ3v) is 6.22. The SMILES string of the molecule is CCOC[C@H](O)CN(Cc1c(CC)nn(-c2ccccc2)c1Oc1cccc(F)c1)C[C@@H]1CCCO1. The van der Waals surface area contributed by atoms with Crippen LogP contribution in [0.1, 0.15) is 37.9 Å². The number of aliphatic hydroxyl groups excluding tert-OH is 1. The Morgan fingerprint density at radius 1 is 1.19 bits per heavy atom. The van der Waals surface area contributed by atoms with Crippen molar-refractivity contribution in [2.75, 3.05) is 32.9 Å². The molecule has 36 heavy (non-hydrogen) atoms. The van der Waals surface area contributed by atoms with Gasteiger partial charge in [0.05, 0.1) is 35.8 Å². The summed E-state index contributed by atoms with van der Waals surface area (Å²) in [5, 5.41) is 15.5. The van der Waals surface area contributed by atoms with E-state index in [-0.39, 0.29) is 18.5 Å². The Morgan fingerprint density at radius 2 is 2.03 bits per heavy atom. The predicted molar refractivity (Wildman–Crippen MR) is 136 cm³/mol. The first-order valence-electron chi connectivity index (χ1n) is 12.8. The van der Waals surface area contributed by atoms with Crippen LogP contribution < -0.4 is 4.74 Å². The van der Waals surface area contributed by atoms with E-state index >= 15 is 0 Å². The molecule has 8 heteroatoms. The van der Waals surface area contributed by atoms with Gasteiger partial charge in [-0.2, -0.15) is 5.10 Å². The van der Waals surface area contributed by atoms with Crippen LogP contribution in [0.25, 0.3) is 5.69 Å². The van der Waals surface area contributed by atoms with Crippen molar-refractivity contribution in [1.82, 2.24) is 14.7 Å². The maximum Gasteiger partial charge on any atom is 0.227 e. The molecular formula is C28H36FN3O4. The van der Waals surface area contributed by atoms with Gasteiger partial charge in [-0.3, -0.25) is 4.90 Å². The van der Waals surface area contributed by atoms with Crippen molar-refractivity contribution >= 4 is 0 Å². The highest BCUT2D eigenvalue weighted by atomic mass is 19.1. The van der Waals surface area contributed by atoms with E-state index in [4.69, 9.17) is 19.3 Å². The summed E-state index contributed by atoms with van der Waals surface area (Å²) in [5.74, 6) is 0.577. The average Bonchev–Trinajstić information content (AvgIpc) is 3.51. The number of hydrogen-bond acceptors (Lipinski definition) is 6. The maximum atomic E-state index is 14.0. The fourth-order valence-corrected chi connectivity index (χ4v) is 4.52. The summed E-state index contributed by atoms with van der Waals surface area (Å²) >= 11 is 0. The highest BCUT2D eigenvalue weighted by molar-refractivity contribution is 5.43. The molecule has 7 nitrogen and oxygen atoms in total. The van der Waals surface area contributed by atoms with Crippen molar-refractivity contribution in [3.05, 3.63) is 71.7 Å². The van der Waals surface area contributed by atoms with Crippen LogP contribution in [-0.4, -0.2) is 64.9 Å². The lowest BCUT2D eigenvalue weighted by molar-refractivity contribution is 0.00496. The molecule has 2 aromatic carbocycles. The lowest BCUT2D eigenvalue weighted by Crippen LogP contribution is -2.39. The highest BCUT2D eigenvalue weighted by Gasteiger charge is 2.26. The second kappa shape index (κ2) is 13.0. The van der Waals surface area contributed by atoms with Crippen molar-refractivity contribution < 1.29 is 23.7 Å². The number of rotatable bonds is 13. The van der Waals surface area contributed by atoms with Gasteiger partial charge in [0.1, 0.15) is 11.6 Å². The number of hydrogen-bond donors (Lipinski definition) is 1. The topological polar surface area (TPSA) is 69.0 Å². The number of aryl methyl sites for hydroxylation is 1. The molecule has 1 aliphatic rings. The van der Waals surface area contributed by atoms with Crippen molar-refractivity contribution in [2.24, 2.45) is 0 Å². The first-order valence-corrected chi connectivity index (χ1v) is 12.8. The molecule has 1 fully saturated rings. The normalized spacial score (nSPS) is 16.5. The molecule has 2 atom stereocenters. The summed E-state index contributed by atoms with van der Waals surface area (Å²) in [7, 11) is 0. The zero-order valence-corrected chi connectivity index (χ0v) is 21.1. The first kappa shape index (κ1) is 26.3. The fraction of sp³-hybridized carbons (Fsp3) is 0.464. The Morgan fingerprint density at radius 3 is 2.72 bits per heavy atom. The summed E-state index contributed by atoms with van der Waals surface area (Å²) in [4.78, 5) is 2.18. The molecule has 0 unspecified atom stereocenters. The van der Waals surface area contributed by atoms with Gasteiger partial charge in [-0.25, -0.2) is 9.07 Å². The van der Waals surface area contributed by atoms with E-state index < -0.39 is 6.10 Å². The van der Waals surface area contributed by atoms with E-state index in [0.29, 0.717) is 44.3 Å². The van der Waals surface area contributed by atoms with Crippen LogP contribution in [0, 0.1) is 5.82 Å². The molecular weight excluding hydrogens is 461 g/mol. The smallest absolute Gasteiger partial charge is 0.227 e. The molecule has 0 amide bonds. The third-order valence-electron chi connectivity index (χ3n) is 6.22. The second-order valence-electron chi connectivity index (χ2n) is 9.03. The van der Waals surface area contributed by atoms with E-state index in [0.717, 1.165) is 36.4 Å². The summed E-state index contributed by atoms with van der Waals surface area (Å²) in [6, 6.07) is 15.9. The third kappa shape index (κ3) is 6.91. The van der Waals surface area contributed by atoms with Gasteiger partial charge in [-0.05, 0) is 50.5 Å². The lowest BCUT2D eigenvalue weighted by atomic mass is 10.1. The van der Waals surface area contributed by atoms with Crippen LogP contribution in [0.2, 0.25) is 0 Å². The van der Waals surface area contributed by atoms with Gasteiger partial charge < -0.3 is 19.3 Å². The monoisotopic (exact) mass is 497 g/mol. The van der Waals surface area contributed by atoms with Crippen LogP contribution in [-0.2, 0) is 22.4 Å². The van der Waals surface area contributed by atoms with E-state index in [1.54, 1.807) is 16.8 Å². The standard InChI is InChI=1S/C28H36FN3O4/c1-3-27-26(19-31(17-23(33)20-34-4-2)18-25-14-9-15-35-25)28(36-24-13-8-10-21(29)16-24)32(30-27)22-11-6-5-7-12-22/h5-8,10-13,16,23,25,33H,3-4,9,14-15,17-20H2,1-2H3/t23-,25+/m1/s1. The number of halogens is 1. The minimum Gasteiger partial charge on any atom is -0.438 e. The molecule has 2 heterocycles. The van der Waals surface area contributed by atoms with E-state index in [1.807, 2.05) is 37.3 Å². The number of nitrogens with zero attached hydrogens (tertiary/aromatic N) is 3. The van der Waals surface area contributed by atoms with E-state index in [2.05, 4.69) is 11.8 Å². The van der Waals surface area contributed by atoms with Gasteiger partial charge >= 0.3 is 0 Å². The Hall–Kier alpha value is -2.78. The number of aromatic nitrogens is 2. The minimum atomic E-state index is -0.631. The van der Waals surface area contributed by atoms with Crippen molar-refractivity contribution in [3.8, 4) is 17.3 Å². The molecule has 1 aliphatic heterocycles. The average molecular weight is 498 g/mol. The molecule has 1 aromatic heterocycles. The zero-order chi connectivity index (χ0) is 25.3. The molecule has 3 aromatic rings. The second-order valence-corrected chi connectivity index (χ2v) is 9.03. The van der Waals surface area contributed by atoms with Crippen LogP contribution >= 0.6 is 0 Å². The number of aliphatic hydroxyl groups is 1. The van der Waals surface area contributed by atoms with Gasteiger partial charge in [0.15, 0.2) is 0 Å². The largest absolute Gasteiger partial charge is 0.438 e. The lowest BCUT2D eigenvalue weighted by Gasteiger charge is -2.27. The van der Waals surface area contributed by atoms with Crippen LogP contribution in [0.15, 0.2) is 54.6 Å². The molecule has 4 rings (SSSR count). The Bertz CT molecular complexity index is 1090. The highest BCUT2D eigenvalue weighted by Crippen LogP contribution is 2.33. The molecule has 194 valence electrons. The van der Waals surface area contributed by atoms with Crippen molar-refractivity contribution in [3.63, 3.8) is 0 Å². The maximum absolute atomic E-state index is 14.0. The number of para-hydroxylation sites is 1. The van der Waals surface area contributed by atoms with E-state index in [1.165, 1.54) is 12.1 Å². The van der Waals surface area contributed by atoms with Crippen molar-refractivity contribution in [2.45, 2.75) is 51.9 Å². The molecule has 0 spiro atoms. The number of ether oxygens (including phenoxy) is 3. The minimum absolute atomic E-state index is 0.117.